The lowest BCUT2D eigenvalue weighted by atomic mass is 9.64. The summed E-state index contributed by atoms with van der Waals surface area (Å²) in [5.41, 5.74) is -0.164. The highest BCUT2D eigenvalue weighted by molar-refractivity contribution is 9.10. The molecule has 1 saturated carbocycles. The van der Waals surface area contributed by atoms with E-state index in [1.54, 1.807) is 4.68 Å². The van der Waals surface area contributed by atoms with Crippen LogP contribution in [-0.4, -0.2) is 20.1 Å². The topological polar surface area (TPSA) is 50.9 Å². The summed E-state index contributed by atoms with van der Waals surface area (Å²) in [7, 11) is 1.83. The normalized spacial score (nSPS) is 29.3. The second-order valence-corrected chi connectivity index (χ2v) is 6.05. The van der Waals surface area contributed by atoms with E-state index in [0.29, 0.717) is 4.60 Å². The number of aromatic nitrogens is 3. The lowest BCUT2D eigenvalue weighted by molar-refractivity contribution is -0.109. The van der Waals surface area contributed by atoms with Gasteiger partial charge >= 0.3 is 0 Å². The molecule has 0 saturated heterocycles. The van der Waals surface area contributed by atoms with Crippen LogP contribution in [0.15, 0.2) is 4.60 Å². The lowest BCUT2D eigenvalue weighted by Crippen LogP contribution is -2.46. The average Bonchev–Trinajstić information content (AvgIpc) is 2.52. The van der Waals surface area contributed by atoms with E-state index in [-0.39, 0.29) is 5.41 Å². The molecule has 1 aromatic rings. The summed E-state index contributed by atoms with van der Waals surface area (Å²) in [6, 6.07) is 0. The maximum Gasteiger partial charge on any atom is 0.154 e. The van der Waals surface area contributed by atoms with Crippen molar-refractivity contribution in [1.29, 1.82) is 0 Å². The van der Waals surface area contributed by atoms with E-state index in [1.165, 1.54) is 6.42 Å². The molecule has 0 aliphatic heterocycles. The van der Waals surface area contributed by atoms with Gasteiger partial charge in [0.2, 0.25) is 0 Å². The Balaban J connectivity index is 2.52. The molecule has 1 heterocycles. The Morgan fingerprint density at radius 1 is 1.31 bits per heavy atom. The minimum absolute atomic E-state index is 0.136. The third-order valence-corrected chi connectivity index (χ3v) is 4.42. The van der Waals surface area contributed by atoms with Crippen molar-refractivity contribution in [3.8, 4) is 0 Å². The molecule has 1 aromatic heterocycles. The van der Waals surface area contributed by atoms with E-state index < -0.39 is 5.60 Å². The van der Waals surface area contributed by atoms with Gasteiger partial charge in [-0.2, -0.15) is 0 Å². The van der Waals surface area contributed by atoms with E-state index in [1.807, 2.05) is 7.05 Å². The molecule has 0 aromatic carbocycles. The van der Waals surface area contributed by atoms with Crippen molar-refractivity contribution >= 4 is 15.9 Å². The zero-order valence-corrected chi connectivity index (χ0v) is 11.6. The van der Waals surface area contributed by atoms with Crippen LogP contribution in [0.4, 0.5) is 0 Å². The van der Waals surface area contributed by atoms with Crippen molar-refractivity contribution in [2.45, 2.75) is 45.1 Å². The number of nitrogens with zero attached hydrogens (tertiary/aromatic N) is 3. The average molecular weight is 288 g/mol. The van der Waals surface area contributed by atoms with E-state index >= 15 is 0 Å². The summed E-state index contributed by atoms with van der Waals surface area (Å²) in [5.74, 6) is 0. The summed E-state index contributed by atoms with van der Waals surface area (Å²) in [5, 5.41) is 18.9. The van der Waals surface area contributed by atoms with Gasteiger partial charge in [0.15, 0.2) is 4.60 Å². The molecule has 5 heteroatoms. The van der Waals surface area contributed by atoms with E-state index in [0.717, 1.165) is 25.0 Å². The molecule has 0 bridgehead atoms. The third kappa shape index (κ3) is 1.61. The van der Waals surface area contributed by atoms with Gasteiger partial charge in [-0.05, 0) is 34.2 Å². The Morgan fingerprint density at radius 3 is 2.44 bits per heavy atom. The van der Waals surface area contributed by atoms with E-state index in [9.17, 15) is 5.11 Å². The van der Waals surface area contributed by atoms with Gasteiger partial charge in [0, 0.05) is 7.05 Å². The second kappa shape index (κ2) is 3.81. The number of aryl methyl sites for hydroxylation is 1. The first-order valence-electron chi connectivity index (χ1n) is 5.66. The van der Waals surface area contributed by atoms with Crippen molar-refractivity contribution in [3.05, 3.63) is 10.3 Å². The standard InChI is InChI=1S/C11H18BrN3O/c1-10(2)6-4-5-7-11(10,16)8-9(12)13-14-15(8)3/h16H,4-7H2,1-3H3. The van der Waals surface area contributed by atoms with Crippen LogP contribution in [0, 0.1) is 5.41 Å². The number of aliphatic hydroxyl groups is 1. The molecule has 1 aliphatic rings. The smallest absolute Gasteiger partial charge is 0.154 e. The first kappa shape index (κ1) is 12.0. The van der Waals surface area contributed by atoms with Crippen LogP contribution in [0.2, 0.25) is 0 Å². The molecule has 0 amide bonds. The molecule has 90 valence electrons. The molecule has 1 fully saturated rings. The molecular formula is C11H18BrN3O. The summed E-state index contributed by atoms with van der Waals surface area (Å²) < 4.78 is 2.34. The number of rotatable bonds is 1. The minimum atomic E-state index is -0.831. The highest BCUT2D eigenvalue weighted by Gasteiger charge is 2.49. The van der Waals surface area contributed by atoms with Crippen LogP contribution >= 0.6 is 15.9 Å². The SMILES string of the molecule is Cn1nnc(Br)c1C1(O)CCCCC1(C)C. The molecule has 4 nitrogen and oxygen atoms in total. The van der Waals surface area contributed by atoms with Gasteiger partial charge in [-0.15, -0.1) is 5.10 Å². The Labute approximate surface area is 104 Å². The fourth-order valence-electron chi connectivity index (χ4n) is 2.70. The summed E-state index contributed by atoms with van der Waals surface area (Å²) in [6.07, 6.45) is 4.04. The first-order chi connectivity index (χ1) is 7.38. The molecule has 1 unspecified atom stereocenters. The molecule has 16 heavy (non-hydrogen) atoms. The molecule has 0 radical (unpaired) electrons. The monoisotopic (exact) mass is 287 g/mol. The summed E-state index contributed by atoms with van der Waals surface area (Å²) in [6.45, 7) is 4.23. The van der Waals surface area contributed by atoms with Crippen LogP contribution in [0.25, 0.3) is 0 Å². The Bertz CT molecular complexity index is 382. The highest BCUT2D eigenvalue weighted by atomic mass is 79.9. The summed E-state index contributed by atoms with van der Waals surface area (Å²) in [4.78, 5) is 0. The maximum absolute atomic E-state index is 11.0. The number of hydrogen-bond acceptors (Lipinski definition) is 3. The fourth-order valence-corrected chi connectivity index (χ4v) is 3.36. The van der Waals surface area contributed by atoms with Crippen molar-refractivity contribution in [2.75, 3.05) is 0 Å². The molecule has 1 aliphatic carbocycles. The van der Waals surface area contributed by atoms with Gasteiger partial charge in [-0.3, -0.25) is 0 Å². The Hall–Kier alpha value is -0.420. The van der Waals surface area contributed by atoms with Gasteiger partial charge in [-0.25, -0.2) is 4.68 Å². The first-order valence-corrected chi connectivity index (χ1v) is 6.46. The van der Waals surface area contributed by atoms with Gasteiger partial charge < -0.3 is 5.11 Å². The van der Waals surface area contributed by atoms with Gasteiger partial charge in [0.25, 0.3) is 0 Å². The van der Waals surface area contributed by atoms with Crippen LogP contribution < -0.4 is 0 Å². The summed E-state index contributed by atoms with van der Waals surface area (Å²) >= 11 is 3.39. The number of hydrogen-bond donors (Lipinski definition) is 1. The molecule has 1 N–H and O–H groups in total. The van der Waals surface area contributed by atoms with Crippen LogP contribution in [0.1, 0.15) is 45.2 Å². The van der Waals surface area contributed by atoms with Crippen LogP contribution in [-0.2, 0) is 12.6 Å². The quantitative estimate of drug-likeness (QED) is 0.863. The molecule has 1 atom stereocenters. The second-order valence-electron chi connectivity index (χ2n) is 5.30. The van der Waals surface area contributed by atoms with Crippen molar-refractivity contribution < 1.29 is 5.11 Å². The zero-order valence-electron chi connectivity index (χ0n) is 10.00. The van der Waals surface area contributed by atoms with Crippen LogP contribution in [0.5, 0.6) is 0 Å². The Morgan fingerprint density at radius 2 is 1.94 bits per heavy atom. The van der Waals surface area contributed by atoms with Gasteiger partial charge in [0.1, 0.15) is 11.3 Å². The van der Waals surface area contributed by atoms with Gasteiger partial charge in [0.05, 0.1) is 0 Å². The molecule has 2 rings (SSSR count). The zero-order chi connectivity index (χ0) is 12.0. The van der Waals surface area contributed by atoms with Crippen LogP contribution in [0.3, 0.4) is 0 Å². The largest absolute Gasteiger partial charge is 0.383 e. The highest BCUT2D eigenvalue weighted by Crippen LogP contribution is 2.51. The van der Waals surface area contributed by atoms with Crippen molar-refractivity contribution in [1.82, 2.24) is 15.0 Å². The van der Waals surface area contributed by atoms with E-state index in [2.05, 4.69) is 40.1 Å². The van der Waals surface area contributed by atoms with E-state index in [4.69, 9.17) is 0 Å². The lowest BCUT2D eigenvalue weighted by Gasteiger charge is -2.46. The minimum Gasteiger partial charge on any atom is -0.383 e. The third-order valence-electron chi connectivity index (χ3n) is 3.89. The molecular weight excluding hydrogens is 270 g/mol. The van der Waals surface area contributed by atoms with Crippen molar-refractivity contribution in [2.24, 2.45) is 12.5 Å². The molecule has 0 spiro atoms. The van der Waals surface area contributed by atoms with Crippen molar-refractivity contribution in [3.63, 3.8) is 0 Å². The Kier molecular flexibility index (Phi) is 2.87. The predicted molar refractivity (Wildman–Crippen MR) is 64.8 cm³/mol. The number of halogens is 1. The predicted octanol–water partition coefficient (Wildman–Crippen LogP) is 2.37. The van der Waals surface area contributed by atoms with Gasteiger partial charge in [-0.1, -0.05) is 31.9 Å². The fraction of sp³-hybridized carbons (Fsp3) is 0.818. The maximum atomic E-state index is 11.0.